The van der Waals surface area contributed by atoms with Crippen LogP contribution in [0.15, 0.2) is 30.9 Å². The van der Waals surface area contributed by atoms with E-state index in [1.807, 2.05) is 24.3 Å². The van der Waals surface area contributed by atoms with Gasteiger partial charge in [-0.2, -0.15) is 0 Å². The zero-order chi connectivity index (χ0) is 14.2. The quantitative estimate of drug-likeness (QED) is 0.593. The number of carbonyl (C=O) groups excluding carboxylic acids is 1. The second-order valence-corrected chi connectivity index (χ2v) is 4.81. The molecule has 0 aliphatic carbocycles. The Morgan fingerprint density at radius 1 is 1.45 bits per heavy atom. The molecule has 108 valence electrons. The Balaban J connectivity index is 1.85. The summed E-state index contributed by atoms with van der Waals surface area (Å²) in [7, 11) is 0. The fraction of sp³-hybridized carbons (Fsp3) is 0.438. The maximum atomic E-state index is 12.2. The molecule has 0 unspecified atom stereocenters. The van der Waals surface area contributed by atoms with Crippen LogP contribution in [0.2, 0.25) is 0 Å². The zero-order valence-electron chi connectivity index (χ0n) is 11.8. The standard InChI is InChI=1S/C16H22N2O2/c1-2-3-11-20-12-10-18-16(19)14-6-4-8-15-13(14)7-5-9-17-15/h2,4,6,8,17H,1,3,5,7,9-12H2,(H,18,19). The topological polar surface area (TPSA) is 50.4 Å². The number of carbonyl (C=O) groups is 1. The van der Waals surface area contributed by atoms with Crippen molar-refractivity contribution >= 4 is 11.6 Å². The van der Waals surface area contributed by atoms with Gasteiger partial charge in [-0.15, -0.1) is 6.58 Å². The van der Waals surface area contributed by atoms with Crippen molar-refractivity contribution < 1.29 is 9.53 Å². The second-order valence-electron chi connectivity index (χ2n) is 4.81. The molecule has 1 aliphatic rings. The van der Waals surface area contributed by atoms with Gasteiger partial charge in [-0.1, -0.05) is 12.1 Å². The molecule has 1 aromatic carbocycles. The van der Waals surface area contributed by atoms with E-state index in [9.17, 15) is 4.79 Å². The van der Waals surface area contributed by atoms with Crippen molar-refractivity contribution in [1.29, 1.82) is 0 Å². The lowest BCUT2D eigenvalue weighted by Gasteiger charge is -2.20. The van der Waals surface area contributed by atoms with Crippen LogP contribution in [0, 0.1) is 0 Å². The van der Waals surface area contributed by atoms with Gasteiger partial charge in [0.25, 0.3) is 5.91 Å². The van der Waals surface area contributed by atoms with Gasteiger partial charge in [0.2, 0.25) is 0 Å². The van der Waals surface area contributed by atoms with Crippen LogP contribution < -0.4 is 10.6 Å². The van der Waals surface area contributed by atoms with Crippen LogP contribution in [-0.4, -0.2) is 32.2 Å². The molecule has 0 atom stereocenters. The highest BCUT2D eigenvalue weighted by Crippen LogP contribution is 2.25. The van der Waals surface area contributed by atoms with E-state index in [1.54, 1.807) is 0 Å². The molecule has 2 rings (SSSR count). The number of amides is 1. The molecule has 0 fully saturated rings. The van der Waals surface area contributed by atoms with Gasteiger partial charge in [0.05, 0.1) is 13.2 Å². The third kappa shape index (κ3) is 3.84. The molecule has 1 amide bonds. The van der Waals surface area contributed by atoms with Gasteiger partial charge in [-0.05, 0) is 37.0 Å². The molecule has 1 aromatic rings. The van der Waals surface area contributed by atoms with Crippen LogP contribution in [0.1, 0.15) is 28.8 Å². The predicted molar refractivity (Wildman–Crippen MR) is 81.2 cm³/mol. The molecule has 0 spiro atoms. The third-order valence-electron chi connectivity index (χ3n) is 3.34. The van der Waals surface area contributed by atoms with Gasteiger partial charge in [0.1, 0.15) is 0 Å². The lowest BCUT2D eigenvalue weighted by atomic mass is 9.97. The summed E-state index contributed by atoms with van der Waals surface area (Å²) in [5.41, 5.74) is 3.00. The number of nitrogens with one attached hydrogen (secondary N) is 2. The van der Waals surface area contributed by atoms with E-state index in [1.165, 1.54) is 0 Å². The fourth-order valence-corrected chi connectivity index (χ4v) is 2.32. The molecule has 1 heterocycles. The minimum Gasteiger partial charge on any atom is -0.385 e. The van der Waals surface area contributed by atoms with Gasteiger partial charge in [0, 0.05) is 24.3 Å². The summed E-state index contributed by atoms with van der Waals surface area (Å²) in [5.74, 6) is -0.0159. The van der Waals surface area contributed by atoms with Crippen LogP contribution in [0.5, 0.6) is 0 Å². The van der Waals surface area contributed by atoms with E-state index in [2.05, 4.69) is 17.2 Å². The Hall–Kier alpha value is -1.81. The minimum atomic E-state index is -0.0159. The first-order chi connectivity index (χ1) is 9.83. The first-order valence-corrected chi connectivity index (χ1v) is 7.15. The highest BCUT2D eigenvalue weighted by atomic mass is 16.5. The van der Waals surface area contributed by atoms with E-state index in [4.69, 9.17) is 4.74 Å². The highest BCUT2D eigenvalue weighted by Gasteiger charge is 2.16. The molecule has 0 saturated heterocycles. The van der Waals surface area contributed by atoms with Crippen LogP contribution in [0.25, 0.3) is 0 Å². The van der Waals surface area contributed by atoms with Crippen LogP contribution >= 0.6 is 0 Å². The Labute approximate surface area is 120 Å². The van der Waals surface area contributed by atoms with Crippen molar-refractivity contribution in [2.24, 2.45) is 0 Å². The lowest BCUT2D eigenvalue weighted by Crippen LogP contribution is -2.29. The monoisotopic (exact) mass is 274 g/mol. The maximum Gasteiger partial charge on any atom is 0.251 e. The van der Waals surface area contributed by atoms with Crippen LogP contribution in [-0.2, 0) is 11.2 Å². The Kier molecular flexibility index (Phi) is 5.62. The first kappa shape index (κ1) is 14.6. The van der Waals surface area contributed by atoms with E-state index in [0.717, 1.165) is 42.6 Å². The summed E-state index contributed by atoms with van der Waals surface area (Å²) >= 11 is 0. The average molecular weight is 274 g/mol. The van der Waals surface area contributed by atoms with Gasteiger partial charge >= 0.3 is 0 Å². The number of hydrogen-bond donors (Lipinski definition) is 2. The average Bonchev–Trinajstić information content (AvgIpc) is 2.50. The summed E-state index contributed by atoms with van der Waals surface area (Å²) in [4.78, 5) is 12.2. The molecule has 0 bridgehead atoms. The molecule has 2 N–H and O–H groups in total. The summed E-state index contributed by atoms with van der Waals surface area (Å²) in [5, 5.41) is 6.24. The molecule has 20 heavy (non-hydrogen) atoms. The second kappa shape index (κ2) is 7.70. The number of rotatable bonds is 7. The van der Waals surface area contributed by atoms with Gasteiger partial charge in [-0.25, -0.2) is 0 Å². The van der Waals surface area contributed by atoms with Crippen molar-refractivity contribution in [2.75, 3.05) is 31.6 Å². The van der Waals surface area contributed by atoms with E-state index in [0.29, 0.717) is 19.8 Å². The molecule has 0 aromatic heterocycles. The normalized spacial score (nSPS) is 13.2. The third-order valence-corrected chi connectivity index (χ3v) is 3.34. The number of anilines is 1. The number of hydrogen-bond acceptors (Lipinski definition) is 3. The SMILES string of the molecule is C=CCCOCCNC(=O)c1cccc2c1CCCN2. The number of ether oxygens (including phenoxy) is 1. The van der Waals surface area contributed by atoms with Gasteiger partial charge in [0.15, 0.2) is 0 Å². The van der Waals surface area contributed by atoms with Crippen molar-refractivity contribution in [3.8, 4) is 0 Å². The lowest BCUT2D eigenvalue weighted by molar-refractivity contribution is 0.0917. The Morgan fingerprint density at radius 3 is 3.20 bits per heavy atom. The summed E-state index contributed by atoms with van der Waals surface area (Å²) in [6.45, 7) is 6.34. The zero-order valence-corrected chi connectivity index (χ0v) is 11.8. The molecule has 4 nitrogen and oxygen atoms in total. The van der Waals surface area contributed by atoms with Crippen molar-refractivity contribution in [3.05, 3.63) is 42.0 Å². The number of benzene rings is 1. The summed E-state index contributed by atoms with van der Waals surface area (Å²) in [6, 6.07) is 5.84. The maximum absolute atomic E-state index is 12.2. The summed E-state index contributed by atoms with van der Waals surface area (Å²) < 4.78 is 5.37. The Morgan fingerprint density at radius 2 is 2.35 bits per heavy atom. The van der Waals surface area contributed by atoms with Crippen LogP contribution in [0.4, 0.5) is 5.69 Å². The van der Waals surface area contributed by atoms with Crippen LogP contribution in [0.3, 0.4) is 0 Å². The fourth-order valence-electron chi connectivity index (χ4n) is 2.32. The van der Waals surface area contributed by atoms with E-state index < -0.39 is 0 Å². The highest BCUT2D eigenvalue weighted by molar-refractivity contribution is 5.97. The van der Waals surface area contributed by atoms with Crippen molar-refractivity contribution in [2.45, 2.75) is 19.3 Å². The summed E-state index contributed by atoms with van der Waals surface area (Å²) in [6.07, 6.45) is 4.69. The predicted octanol–water partition coefficient (Wildman–Crippen LogP) is 2.37. The molecular formula is C16H22N2O2. The van der Waals surface area contributed by atoms with Gasteiger partial charge in [-0.3, -0.25) is 4.79 Å². The van der Waals surface area contributed by atoms with E-state index in [-0.39, 0.29) is 5.91 Å². The molecule has 1 aliphatic heterocycles. The smallest absolute Gasteiger partial charge is 0.251 e. The minimum absolute atomic E-state index is 0.0159. The van der Waals surface area contributed by atoms with Crippen molar-refractivity contribution in [3.63, 3.8) is 0 Å². The van der Waals surface area contributed by atoms with E-state index >= 15 is 0 Å². The molecular weight excluding hydrogens is 252 g/mol. The number of fused-ring (bicyclic) bond motifs is 1. The Bertz CT molecular complexity index is 472. The first-order valence-electron chi connectivity index (χ1n) is 7.15. The molecule has 4 heteroatoms. The molecule has 0 saturated carbocycles. The largest absolute Gasteiger partial charge is 0.385 e. The van der Waals surface area contributed by atoms with Crippen molar-refractivity contribution in [1.82, 2.24) is 5.32 Å². The molecule has 0 radical (unpaired) electrons. The van der Waals surface area contributed by atoms with Gasteiger partial charge < -0.3 is 15.4 Å².